The van der Waals surface area contributed by atoms with Crippen LogP contribution in [0.3, 0.4) is 0 Å². The minimum absolute atomic E-state index is 0.116. The first-order chi connectivity index (χ1) is 9.94. The van der Waals surface area contributed by atoms with Crippen molar-refractivity contribution in [1.82, 2.24) is 4.72 Å². The quantitative estimate of drug-likeness (QED) is 0.849. The molecule has 1 unspecified atom stereocenters. The molecule has 0 spiro atoms. The SMILES string of the molecule is CC(C)C(CN)NS(=O)(=O)c1ccc2c(c1)OCCCO2. The van der Waals surface area contributed by atoms with Crippen LogP contribution in [0.15, 0.2) is 23.1 Å². The number of sulfonamides is 1. The molecule has 1 aliphatic heterocycles. The standard InChI is InChI=1S/C14H22N2O4S/c1-10(2)12(9-15)16-21(17,18)11-4-5-13-14(8-11)20-7-3-6-19-13/h4-5,8,10,12,16H,3,6-7,9,15H2,1-2H3. The van der Waals surface area contributed by atoms with Crippen LogP contribution in [-0.4, -0.2) is 34.2 Å². The zero-order valence-corrected chi connectivity index (χ0v) is 13.2. The highest BCUT2D eigenvalue weighted by Gasteiger charge is 2.23. The summed E-state index contributed by atoms with van der Waals surface area (Å²) < 4.78 is 38.5. The summed E-state index contributed by atoms with van der Waals surface area (Å²) in [6, 6.07) is 4.34. The first-order valence-corrected chi connectivity index (χ1v) is 8.54. The summed E-state index contributed by atoms with van der Waals surface area (Å²) in [6.07, 6.45) is 0.775. The van der Waals surface area contributed by atoms with Crippen molar-refractivity contribution >= 4 is 10.0 Å². The maximum atomic E-state index is 12.4. The van der Waals surface area contributed by atoms with E-state index in [4.69, 9.17) is 15.2 Å². The van der Waals surface area contributed by atoms with E-state index in [-0.39, 0.29) is 23.4 Å². The molecule has 1 aromatic carbocycles. The summed E-state index contributed by atoms with van der Waals surface area (Å²) in [5.74, 6) is 1.15. The van der Waals surface area contributed by atoms with Crippen LogP contribution in [0.1, 0.15) is 20.3 Å². The predicted molar refractivity (Wildman–Crippen MR) is 80.1 cm³/mol. The van der Waals surface area contributed by atoms with Gasteiger partial charge in [0.15, 0.2) is 11.5 Å². The highest BCUT2D eigenvalue weighted by molar-refractivity contribution is 7.89. The van der Waals surface area contributed by atoms with Crippen LogP contribution in [0.5, 0.6) is 11.5 Å². The molecule has 6 nitrogen and oxygen atoms in total. The molecule has 1 aliphatic rings. The third-order valence-electron chi connectivity index (χ3n) is 3.39. The summed E-state index contributed by atoms with van der Waals surface area (Å²) in [6.45, 7) is 5.19. The van der Waals surface area contributed by atoms with Crippen LogP contribution in [0.4, 0.5) is 0 Å². The molecule has 7 heteroatoms. The highest BCUT2D eigenvalue weighted by Crippen LogP contribution is 2.31. The third kappa shape index (κ3) is 3.87. The van der Waals surface area contributed by atoms with Crippen molar-refractivity contribution in [1.29, 1.82) is 0 Å². The average molecular weight is 314 g/mol. The average Bonchev–Trinajstić information content (AvgIpc) is 2.68. The Morgan fingerprint density at radius 3 is 2.52 bits per heavy atom. The molecule has 2 rings (SSSR count). The van der Waals surface area contributed by atoms with E-state index in [1.165, 1.54) is 12.1 Å². The van der Waals surface area contributed by atoms with Crippen molar-refractivity contribution in [2.75, 3.05) is 19.8 Å². The minimum Gasteiger partial charge on any atom is -0.490 e. The van der Waals surface area contributed by atoms with Gasteiger partial charge in [-0.3, -0.25) is 0 Å². The first-order valence-electron chi connectivity index (χ1n) is 7.06. The number of rotatable bonds is 5. The molecule has 0 aromatic heterocycles. The highest BCUT2D eigenvalue weighted by atomic mass is 32.2. The zero-order valence-electron chi connectivity index (χ0n) is 12.3. The van der Waals surface area contributed by atoms with Gasteiger partial charge < -0.3 is 15.2 Å². The van der Waals surface area contributed by atoms with Gasteiger partial charge in [-0.2, -0.15) is 0 Å². The number of nitrogens with one attached hydrogen (secondary N) is 1. The molecule has 0 fully saturated rings. The van der Waals surface area contributed by atoms with Gasteiger partial charge in [-0.15, -0.1) is 0 Å². The van der Waals surface area contributed by atoms with Crippen molar-refractivity contribution in [2.24, 2.45) is 11.7 Å². The summed E-state index contributed by atoms with van der Waals surface area (Å²) in [5, 5.41) is 0. The van der Waals surface area contributed by atoms with E-state index in [2.05, 4.69) is 4.72 Å². The second-order valence-electron chi connectivity index (χ2n) is 5.37. The lowest BCUT2D eigenvalue weighted by Gasteiger charge is -2.20. The lowest BCUT2D eigenvalue weighted by molar-refractivity contribution is 0.297. The number of hydrogen-bond acceptors (Lipinski definition) is 5. The van der Waals surface area contributed by atoms with E-state index in [1.807, 2.05) is 13.8 Å². The lowest BCUT2D eigenvalue weighted by atomic mass is 10.1. The van der Waals surface area contributed by atoms with Crippen molar-refractivity contribution < 1.29 is 17.9 Å². The Morgan fingerprint density at radius 2 is 1.90 bits per heavy atom. The maximum absolute atomic E-state index is 12.4. The van der Waals surface area contributed by atoms with Gasteiger partial charge in [0.25, 0.3) is 0 Å². The molecule has 0 bridgehead atoms. The van der Waals surface area contributed by atoms with E-state index in [0.717, 1.165) is 6.42 Å². The molecule has 118 valence electrons. The molecule has 1 heterocycles. The number of ether oxygens (including phenoxy) is 2. The van der Waals surface area contributed by atoms with Gasteiger partial charge in [-0.1, -0.05) is 13.8 Å². The Balaban J connectivity index is 2.26. The van der Waals surface area contributed by atoms with Gasteiger partial charge >= 0.3 is 0 Å². The molecule has 0 amide bonds. The largest absolute Gasteiger partial charge is 0.490 e. The fourth-order valence-corrected chi connectivity index (χ4v) is 3.45. The van der Waals surface area contributed by atoms with E-state index >= 15 is 0 Å². The Hall–Kier alpha value is -1.31. The molecule has 0 saturated carbocycles. The number of nitrogens with two attached hydrogens (primary N) is 1. The van der Waals surface area contributed by atoms with Crippen molar-refractivity contribution in [3.05, 3.63) is 18.2 Å². The fourth-order valence-electron chi connectivity index (χ4n) is 2.03. The van der Waals surface area contributed by atoms with Gasteiger partial charge in [0.05, 0.1) is 18.1 Å². The van der Waals surface area contributed by atoms with E-state index in [0.29, 0.717) is 24.7 Å². The van der Waals surface area contributed by atoms with E-state index in [9.17, 15) is 8.42 Å². The van der Waals surface area contributed by atoms with Gasteiger partial charge in [0, 0.05) is 25.1 Å². The van der Waals surface area contributed by atoms with Gasteiger partial charge in [0.2, 0.25) is 10.0 Å². The molecular weight excluding hydrogens is 292 g/mol. The fraction of sp³-hybridized carbons (Fsp3) is 0.571. The Bertz CT molecular complexity index is 587. The molecular formula is C14H22N2O4S. The molecule has 0 aliphatic carbocycles. The Morgan fingerprint density at radius 1 is 1.24 bits per heavy atom. The topological polar surface area (TPSA) is 90.7 Å². The van der Waals surface area contributed by atoms with Crippen LogP contribution in [0, 0.1) is 5.92 Å². The van der Waals surface area contributed by atoms with Gasteiger partial charge in [-0.05, 0) is 18.1 Å². The number of hydrogen-bond donors (Lipinski definition) is 2. The predicted octanol–water partition coefficient (Wildman–Crippen LogP) is 1.11. The first kappa shape index (κ1) is 16.1. The van der Waals surface area contributed by atoms with E-state index < -0.39 is 10.0 Å². The zero-order chi connectivity index (χ0) is 15.5. The van der Waals surface area contributed by atoms with Crippen LogP contribution in [-0.2, 0) is 10.0 Å². The molecule has 0 radical (unpaired) electrons. The van der Waals surface area contributed by atoms with Crippen LogP contribution in [0.25, 0.3) is 0 Å². The maximum Gasteiger partial charge on any atom is 0.241 e. The van der Waals surface area contributed by atoms with Crippen molar-refractivity contribution in [3.63, 3.8) is 0 Å². The lowest BCUT2D eigenvalue weighted by Crippen LogP contribution is -2.43. The Labute approximate surface area is 125 Å². The van der Waals surface area contributed by atoms with Crippen molar-refractivity contribution in [3.8, 4) is 11.5 Å². The molecule has 0 saturated heterocycles. The summed E-state index contributed by atoms with van der Waals surface area (Å²) in [7, 11) is -3.63. The number of fused-ring (bicyclic) bond motifs is 1. The third-order valence-corrected chi connectivity index (χ3v) is 4.88. The molecule has 3 N–H and O–H groups in total. The molecule has 1 atom stereocenters. The summed E-state index contributed by atoms with van der Waals surface area (Å²) >= 11 is 0. The second-order valence-corrected chi connectivity index (χ2v) is 7.08. The van der Waals surface area contributed by atoms with Crippen molar-refractivity contribution in [2.45, 2.75) is 31.2 Å². The monoisotopic (exact) mass is 314 g/mol. The van der Waals surface area contributed by atoms with E-state index in [1.54, 1.807) is 6.07 Å². The van der Waals surface area contributed by atoms with Gasteiger partial charge in [0.1, 0.15) is 0 Å². The molecule has 21 heavy (non-hydrogen) atoms. The summed E-state index contributed by atoms with van der Waals surface area (Å²) in [4.78, 5) is 0.158. The van der Waals surface area contributed by atoms with Crippen LogP contribution < -0.4 is 19.9 Å². The number of benzene rings is 1. The molecule has 1 aromatic rings. The van der Waals surface area contributed by atoms with Crippen LogP contribution in [0.2, 0.25) is 0 Å². The summed E-state index contributed by atoms with van der Waals surface area (Å²) in [5.41, 5.74) is 5.62. The van der Waals surface area contributed by atoms with Crippen LogP contribution >= 0.6 is 0 Å². The van der Waals surface area contributed by atoms with Gasteiger partial charge in [-0.25, -0.2) is 13.1 Å². The second kappa shape index (κ2) is 6.64. The normalized spacial score (nSPS) is 16.6. The Kier molecular flexibility index (Phi) is 5.08. The minimum atomic E-state index is -3.63. The smallest absolute Gasteiger partial charge is 0.241 e.